The van der Waals surface area contributed by atoms with Crippen molar-refractivity contribution in [2.75, 3.05) is 18.4 Å². The van der Waals surface area contributed by atoms with Crippen LogP contribution in [-0.4, -0.2) is 39.5 Å². The molecule has 1 aliphatic rings. The van der Waals surface area contributed by atoms with Gasteiger partial charge in [0, 0.05) is 23.5 Å². The van der Waals surface area contributed by atoms with Crippen molar-refractivity contribution in [1.29, 1.82) is 0 Å². The van der Waals surface area contributed by atoms with Gasteiger partial charge < -0.3 is 10.6 Å². The number of anilines is 1. The third-order valence-electron chi connectivity index (χ3n) is 4.09. The van der Waals surface area contributed by atoms with E-state index < -0.39 is 0 Å². The van der Waals surface area contributed by atoms with E-state index in [1.54, 1.807) is 11.3 Å². The van der Waals surface area contributed by atoms with E-state index in [2.05, 4.69) is 43.2 Å². The molecule has 2 aromatic heterocycles. The number of fused-ring (bicyclic) bond motifs is 1. The predicted octanol–water partition coefficient (Wildman–Crippen LogP) is 2.55. The molecule has 1 aromatic carbocycles. The van der Waals surface area contributed by atoms with Crippen molar-refractivity contribution < 1.29 is 0 Å². The summed E-state index contributed by atoms with van der Waals surface area (Å²) in [7, 11) is 0. The van der Waals surface area contributed by atoms with E-state index in [0.29, 0.717) is 6.04 Å². The largest absolute Gasteiger partial charge is 0.359 e. The molecule has 4 rings (SSSR count). The first kappa shape index (κ1) is 13.7. The van der Waals surface area contributed by atoms with Crippen molar-refractivity contribution in [3.05, 3.63) is 23.9 Å². The van der Waals surface area contributed by atoms with Gasteiger partial charge in [-0.15, -0.1) is 10.2 Å². The number of aromatic amines is 1. The summed E-state index contributed by atoms with van der Waals surface area (Å²) in [5.41, 5.74) is 3.14. The summed E-state index contributed by atoms with van der Waals surface area (Å²) in [5, 5.41) is 25.6. The van der Waals surface area contributed by atoms with E-state index >= 15 is 0 Å². The van der Waals surface area contributed by atoms with Gasteiger partial charge in [0.15, 0.2) is 0 Å². The Labute approximate surface area is 132 Å². The summed E-state index contributed by atoms with van der Waals surface area (Å²) in [4.78, 5) is 0. The second-order valence-electron chi connectivity index (χ2n) is 5.66. The van der Waals surface area contributed by atoms with E-state index in [1.165, 1.54) is 12.8 Å². The summed E-state index contributed by atoms with van der Waals surface area (Å²) >= 11 is 1.59. The van der Waals surface area contributed by atoms with E-state index in [-0.39, 0.29) is 0 Å². The zero-order valence-corrected chi connectivity index (χ0v) is 13.2. The minimum Gasteiger partial charge on any atom is -0.359 e. The van der Waals surface area contributed by atoms with Gasteiger partial charge in [-0.3, -0.25) is 5.10 Å². The molecule has 3 N–H and O–H groups in total. The Kier molecular flexibility index (Phi) is 3.51. The van der Waals surface area contributed by atoms with Crippen molar-refractivity contribution in [2.24, 2.45) is 0 Å². The number of H-pyrrole nitrogens is 1. The average Bonchev–Trinajstić information content (AvgIpc) is 3.26. The molecule has 0 saturated carbocycles. The minimum atomic E-state index is 0.553. The molecule has 3 aromatic rings. The SMILES string of the molecule is Cc1n[nH]c2ccc(-c3nnc(NC[C@@H]4CCCN4)s3)cc12. The zero-order valence-electron chi connectivity index (χ0n) is 12.4. The quantitative estimate of drug-likeness (QED) is 0.690. The van der Waals surface area contributed by atoms with E-state index in [0.717, 1.165) is 45.4 Å². The topological polar surface area (TPSA) is 78.5 Å². The summed E-state index contributed by atoms with van der Waals surface area (Å²) in [5.74, 6) is 0. The van der Waals surface area contributed by atoms with Crippen LogP contribution < -0.4 is 10.6 Å². The highest BCUT2D eigenvalue weighted by Crippen LogP contribution is 2.29. The molecule has 0 aliphatic carbocycles. The maximum atomic E-state index is 4.31. The molecule has 1 fully saturated rings. The highest BCUT2D eigenvalue weighted by atomic mass is 32.1. The first-order chi connectivity index (χ1) is 10.8. The highest BCUT2D eigenvalue weighted by molar-refractivity contribution is 7.18. The normalized spacial score (nSPS) is 18.1. The maximum Gasteiger partial charge on any atom is 0.206 e. The van der Waals surface area contributed by atoms with Gasteiger partial charge in [0.2, 0.25) is 5.13 Å². The fourth-order valence-electron chi connectivity index (χ4n) is 2.83. The molecule has 0 unspecified atom stereocenters. The molecular weight excluding hydrogens is 296 g/mol. The summed E-state index contributed by atoms with van der Waals surface area (Å²) in [6.45, 7) is 4.04. The summed E-state index contributed by atoms with van der Waals surface area (Å²) in [6, 6.07) is 6.78. The highest BCUT2D eigenvalue weighted by Gasteiger charge is 2.15. The van der Waals surface area contributed by atoms with Gasteiger partial charge in [-0.2, -0.15) is 5.10 Å². The molecule has 1 aliphatic heterocycles. The molecule has 22 heavy (non-hydrogen) atoms. The van der Waals surface area contributed by atoms with Gasteiger partial charge in [-0.1, -0.05) is 11.3 Å². The Balaban J connectivity index is 1.52. The van der Waals surface area contributed by atoms with Gasteiger partial charge in [0.25, 0.3) is 0 Å². The molecule has 0 bridgehead atoms. The van der Waals surface area contributed by atoms with Crippen molar-refractivity contribution in [3.63, 3.8) is 0 Å². The van der Waals surface area contributed by atoms with Crippen molar-refractivity contribution in [3.8, 4) is 10.6 Å². The van der Waals surface area contributed by atoms with Crippen LogP contribution in [0.5, 0.6) is 0 Å². The van der Waals surface area contributed by atoms with Crippen LogP contribution in [0, 0.1) is 6.92 Å². The van der Waals surface area contributed by atoms with Crippen LogP contribution in [-0.2, 0) is 0 Å². The van der Waals surface area contributed by atoms with Crippen LogP contribution in [0.1, 0.15) is 18.5 Å². The number of hydrogen-bond acceptors (Lipinski definition) is 6. The number of nitrogens with zero attached hydrogens (tertiary/aromatic N) is 3. The van der Waals surface area contributed by atoms with Crippen molar-refractivity contribution >= 4 is 27.4 Å². The molecule has 7 heteroatoms. The van der Waals surface area contributed by atoms with Crippen LogP contribution in [0.15, 0.2) is 18.2 Å². The van der Waals surface area contributed by atoms with Crippen LogP contribution >= 0.6 is 11.3 Å². The molecular formula is C15H18N6S. The smallest absolute Gasteiger partial charge is 0.206 e. The predicted molar refractivity (Wildman–Crippen MR) is 89.2 cm³/mol. The monoisotopic (exact) mass is 314 g/mol. The Morgan fingerprint density at radius 3 is 3.18 bits per heavy atom. The second kappa shape index (κ2) is 5.66. The Bertz CT molecular complexity index is 786. The van der Waals surface area contributed by atoms with Gasteiger partial charge >= 0.3 is 0 Å². The maximum absolute atomic E-state index is 4.31. The standard InChI is InChI=1S/C15H18N6S/c1-9-12-7-10(4-5-13(12)19-18-9)14-20-21-15(22-14)17-8-11-3-2-6-16-11/h4-5,7,11,16H,2-3,6,8H2,1H3,(H,17,21)(H,18,19)/t11-/m0/s1. The lowest BCUT2D eigenvalue weighted by Crippen LogP contribution is -2.29. The van der Waals surface area contributed by atoms with Crippen LogP contribution in [0.2, 0.25) is 0 Å². The van der Waals surface area contributed by atoms with E-state index in [1.807, 2.05) is 13.0 Å². The number of benzene rings is 1. The summed E-state index contributed by atoms with van der Waals surface area (Å²) < 4.78 is 0. The molecule has 0 radical (unpaired) electrons. The van der Waals surface area contributed by atoms with E-state index in [4.69, 9.17) is 0 Å². The number of rotatable bonds is 4. The van der Waals surface area contributed by atoms with Gasteiger partial charge in [0.05, 0.1) is 11.2 Å². The lowest BCUT2D eigenvalue weighted by atomic mass is 10.1. The first-order valence-corrected chi connectivity index (χ1v) is 8.37. The molecule has 0 amide bonds. The van der Waals surface area contributed by atoms with Gasteiger partial charge in [-0.25, -0.2) is 0 Å². The molecule has 6 nitrogen and oxygen atoms in total. The van der Waals surface area contributed by atoms with Crippen molar-refractivity contribution in [2.45, 2.75) is 25.8 Å². The lowest BCUT2D eigenvalue weighted by Gasteiger charge is -2.09. The van der Waals surface area contributed by atoms with Crippen LogP contribution in [0.25, 0.3) is 21.5 Å². The zero-order chi connectivity index (χ0) is 14.9. The Hall–Kier alpha value is -1.99. The number of aryl methyl sites for hydroxylation is 1. The number of hydrogen-bond donors (Lipinski definition) is 3. The lowest BCUT2D eigenvalue weighted by molar-refractivity contribution is 0.633. The number of nitrogens with one attached hydrogen (secondary N) is 3. The minimum absolute atomic E-state index is 0.553. The fraction of sp³-hybridized carbons (Fsp3) is 0.400. The fourth-order valence-corrected chi connectivity index (χ4v) is 3.58. The van der Waals surface area contributed by atoms with E-state index in [9.17, 15) is 0 Å². The second-order valence-corrected chi connectivity index (χ2v) is 6.63. The first-order valence-electron chi connectivity index (χ1n) is 7.55. The molecule has 0 spiro atoms. The third kappa shape index (κ3) is 2.57. The van der Waals surface area contributed by atoms with Crippen molar-refractivity contribution in [1.82, 2.24) is 25.7 Å². The summed E-state index contributed by atoms with van der Waals surface area (Å²) in [6.07, 6.45) is 2.49. The average molecular weight is 314 g/mol. The molecule has 3 heterocycles. The Morgan fingerprint density at radius 1 is 1.36 bits per heavy atom. The number of aromatic nitrogens is 4. The van der Waals surface area contributed by atoms with Gasteiger partial charge in [-0.05, 0) is 44.5 Å². The molecule has 114 valence electrons. The molecule has 1 atom stereocenters. The molecule has 1 saturated heterocycles. The van der Waals surface area contributed by atoms with Crippen LogP contribution in [0.4, 0.5) is 5.13 Å². The van der Waals surface area contributed by atoms with Gasteiger partial charge in [0.1, 0.15) is 5.01 Å². The Morgan fingerprint density at radius 2 is 2.32 bits per heavy atom. The third-order valence-corrected chi connectivity index (χ3v) is 5.02. The van der Waals surface area contributed by atoms with Crippen LogP contribution in [0.3, 0.4) is 0 Å².